The maximum atomic E-state index is 11.8. The Morgan fingerprint density at radius 2 is 2.09 bits per heavy atom. The maximum Gasteiger partial charge on any atom is 0.247 e. The third-order valence-electron chi connectivity index (χ3n) is 3.96. The lowest BCUT2D eigenvalue weighted by atomic mass is 9.75. The highest BCUT2D eigenvalue weighted by Gasteiger charge is 2.40. The number of sulfone groups is 1. The summed E-state index contributed by atoms with van der Waals surface area (Å²) >= 11 is 1.13. The van der Waals surface area contributed by atoms with Gasteiger partial charge in [0.25, 0.3) is 0 Å². The Labute approximate surface area is 132 Å². The van der Waals surface area contributed by atoms with Crippen LogP contribution in [0, 0.1) is 11.3 Å². The Hall–Kier alpha value is -1.72. The molecule has 1 aliphatic carbocycles. The van der Waals surface area contributed by atoms with Crippen molar-refractivity contribution in [2.75, 3.05) is 6.26 Å². The van der Waals surface area contributed by atoms with E-state index in [1.807, 2.05) is 0 Å². The summed E-state index contributed by atoms with van der Waals surface area (Å²) in [5.41, 5.74) is -0.295. The molecule has 2 heterocycles. The molecule has 0 radical (unpaired) electrons. The van der Waals surface area contributed by atoms with Crippen molar-refractivity contribution in [1.29, 1.82) is 5.26 Å². The van der Waals surface area contributed by atoms with Crippen LogP contribution in [0.4, 0.5) is 0 Å². The fourth-order valence-electron chi connectivity index (χ4n) is 2.80. The van der Waals surface area contributed by atoms with Gasteiger partial charge in [-0.1, -0.05) is 24.4 Å². The molecular formula is C14H15N3O3S2. The summed E-state index contributed by atoms with van der Waals surface area (Å²) in [6.45, 7) is 0. The van der Waals surface area contributed by atoms with E-state index in [1.54, 1.807) is 11.4 Å². The summed E-state index contributed by atoms with van der Waals surface area (Å²) in [4.78, 5) is 4.34. The zero-order valence-electron chi connectivity index (χ0n) is 12.1. The van der Waals surface area contributed by atoms with Crippen molar-refractivity contribution in [3.05, 3.63) is 17.3 Å². The molecule has 3 rings (SSSR count). The molecule has 2 aromatic rings. The van der Waals surface area contributed by atoms with E-state index in [1.165, 1.54) is 0 Å². The monoisotopic (exact) mass is 337 g/mol. The first-order valence-corrected chi connectivity index (χ1v) is 9.77. The first-order valence-electron chi connectivity index (χ1n) is 7.00. The van der Waals surface area contributed by atoms with Crippen molar-refractivity contribution in [2.24, 2.45) is 0 Å². The second-order valence-electron chi connectivity index (χ2n) is 5.57. The van der Waals surface area contributed by atoms with Crippen molar-refractivity contribution in [3.8, 4) is 17.5 Å². The second kappa shape index (κ2) is 5.48. The van der Waals surface area contributed by atoms with Gasteiger partial charge in [-0.15, -0.1) is 11.3 Å². The first-order chi connectivity index (χ1) is 10.5. The fraction of sp³-hybridized carbons (Fsp3) is 0.500. The SMILES string of the molecule is CS(=O)(=O)c1sccc1-c1noc(C2(C#N)CCCCC2)n1. The molecule has 0 aliphatic heterocycles. The van der Waals surface area contributed by atoms with Gasteiger partial charge < -0.3 is 4.52 Å². The van der Waals surface area contributed by atoms with Crippen molar-refractivity contribution >= 4 is 21.2 Å². The predicted octanol–water partition coefficient (Wildman–Crippen LogP) is 2.93. The number of hydrogen-bond donors (Lipinski definition) is 0. The van der Waals surface area contributed by atoms with E-state index in [9.17, 15) is 13.7 Å². The van der Waals surface area contributed by atoms with Crippen molar-refractivity contribution < 1.29 is 12.9 Å². The van der Waals surface area contributed by atoms with Crippen LogP contribution in [0.5, 0.6) is 0 Å². The summed E-state index contributed by atoms with van der Waals surface area (Å²) in [5, 5.41) is 15.1. The van der Waals surface area contributed by atoms with Gasteiger partial charge in [-0.05, 0) is 24.3 Å². The summed E-state index contributed by atoms with van der Waals surface area (Å²) in [6, 6.07) is 3.99. The molecule has 0 amide bonds. The predicted molar refractivity (Wildman–Crippen MR) is 81.1 cm³/mol. The Kier molecular flexibility index (Phi) is 3.78. The van der Waals surface area contributed by atoms with E-state index in [-0.39, 0.29) is 10.0 Å². The number of aromatic nitrogens is 2. The van der Waals surface area contributed by atoms with E-state index >= 15 is 0 Å². The van der Waals surface area contributed by atoms with Gasteiger partial charge in [-0.25, -0.2) is 8.42 Å². The molecule has 8 heteroatoms. The molecule has 0 unspecified atom stereocenters. The van der Waals surface area contributed by atoms with Crippen LogP contribution in [-0.2, 0) is 15.3 Å². The van der Waals surface area contributed by atoms with Gasteiger partial charge in [-0.2, -0.15) is 10.2 Å². The van der Waals surface area contributed by atoms with Crippen LogP contribution in [0.15, 0.2) is 20.2 Å². The highest BCUT2D eigenvalue weighted by molar-refractivity contribution is 7.92. The summed E-state index contributed by atoms with van der Waals surface area (Å²) in [7, 11) is -3.34. The van der Waals surface area contributed by atoms with Crippen LogP contribution < -0.4 is 0 Å². The van der Waals surface area contributed by atoms with Crippen LogP contribution in [-0.4, -0.2) is 24.8 Å². The highest BCUT2D eigenvalue weighted by atomic mass is 32.2. The average molecular weight is 337 g/mol. The van der Waals surface area contributed by atoms with Crippen molar-refractivity contribution in [1.82, 2.24) is 10.1 Å². The number of hydrogen-bond acceptors (Lipinski definition) is 7. The van der Waals surface area contributed by atoms with Gasteiger partial charge in [-0.3, -0.25) is 0 Å². The molecule has 1 aliphatic rings. The van der Waals surface area contributed by atoms with Crippen LogP contribution in [0.1, 0.15) is 38.0 Å². The molecule has 0 N–H and O–H groups in total. The summed E-state index contributed by atoms with van der Waals surface area (Å²) in [5.74, 6) is 0.534. The molecule has 0 bridgehead atoms. The van der Waals surface area contributed by atoms with E-state index < -0.39 is 15.3 Å². The van der Waals surface area contributed by atoms with Gasteiger partial charge in [0.2, 0.25) is 11.7 Å². The molecule has 0 spiro atoms. The highest BCUT2D eigenvalue weighted by Crippen LogP contribution is 2.39. The van der Waals surface area contributed by atoms with E-state index in [4.69, 9.17) is 4.52 Å². The largest absolute Gasteiger partial charge is 0.337 e. The number of thiophene rings is 1. The summed E-state index contributed by atoms with van der Waals surface area (Å²) < 4.78 is 29.1. The van der Waals surface area contributed by atoms with Gasteiger partial charge in [0.15, 0.2) is 9.84 Å². The molecule has 1 saturated carbocycles. The average Bonchev–Trinajstić information content (AvgIpc) is 3.16. The molecule has 2 aromatic heterocycles. The van der Waals surface area contributed by atoms with Gasteiger partial charge in [0.1, 0.15) is 9.62 Å². The minimum atomic E-state index is -3.34. The minimum absolute atomic E-state index is 0.217. The lowest BCUT2D eigenvalue weighted by molar-refractivity contribution is 0.264. The molecular weight excluding hydrogens is 322 g/mol. The molecule has 0 saturated heterocycles. The molecule has 6 nitrogen and oxygen atoms in total. The van der Waals surface area contributed by atoms with E-state index in [0.29, 0.717) is 24.3 Å². The lowest BCUT2D eigenvalue weighted by Gasteiger charge is -2.26. The second-order valence-corrected chi connectivity index (χ2v) is 8.70. The van der Waals surface area contributed by atoms with Crippen LogP contribution in [0.25, 0.3) is 11.4 Å². The van der Waals surface area contributed by atoms with Crippen LogP contribution in [0.2, 0.25) is 0 Å². The lowest BCUT2D eigenvalue weighted by Crippen LogP contribution is -2.27. The molecule has 22 heavy (non-hydrogen) atoms. The number of rotatable bonds is 3. The molecule has 1 fully saturated rings. The van der Waals surface area contributed by atoms with Gasteiger partial charge >= 0.3 is 0 Å². The van der Waals surface area contributed by atoms with Gasteiger partial charge in [0, 0.05) is 6.26 Å². The Morgan fingerprint density at radius 3 is 2.73 bits per heavy atom. The fourth-order valence-corrected chi connectivity index (χ4v) is 4.84. The molecule has 0 aromatic carbocycles. The maximum absolute atomic E-state index is 11.8. The molecule has 0 atom stereocenters. The Bertz CT molecular complexity index is 824. The topological polar surface area (TPSA) is 96.9 Å². The minimum Gasteiger partial charge on any atom is -0.337 e. The van der Waals surface area contributed by atoms with Crippen LogP contribution >= 0.6 is 11.3 Å². The standard InChI is InChI=1S/C14H15N3O3S2/c1-22(18,19)12-10(5-8-21-12)11-16-13(20-17-11)14(9-15)6-3-2-4-7-14/h5,8H,2-4,6-7H2,1H3. The quantitative estimate of drug-likeness (QED) is 0.854. The zero-order chi connectivity index (χ0) is 15.8. The third-order valence-corrected chi connectivity index (χ3v) is 6.76. The van der Waals surface area contributed by atoms with E-state index in [2.05, 4.69) is 16.2 Å². The normalized spacial score (nSPS) is 18.0. The summed E-state index contributed by atoms with van der Waals surface area (Å²) in [6.07, 6.45) is 5.58. The zero-order valence-corrected chi connectivity index (χ0v) is 13.7. The van der Waals surface area contributed by atoms with Gasteiger partial charge in [0.05, 0.1) is 11.6 Å². The number of nitriles is 1. The first kappa shape index (κ1) is 15.2. The third kappa shape index (κ3) is 2.55. The number of nitrogens with zero attached hydrogens (tertiary/aromatic N) is 3. The van der Waals surface area contributed by atoms with E-state index in [0.717, 1.165) is 36.9 Å². The smallest absolute Gasteiger partial charge is 0.247 e. The van der Waals surface area contributed by atoms with Crippen LogP contribution in [0.3, 0.4) is 0 Å². The van der Waals surface area contributed by atoms with Crippen molar-refractivity contribution in [3.63, 3.8) is 0 Å². The van der Waals surface area contributed by atoms with Crippen molar-refractivity contribution in [2.45, 2.75) is 41.7 Å². The Morgan fingerprint density at radius 1 is 1.36 bits per heavy atom. The molecule has 116 valence electrons. The Balaban J connectivity index is 2.02.